The Labute approximate surface area is 142 Å². The Morgan fingerprint density at radius 2 is 2.20 bits per heavy atom. The van der Waals surface area contributed by atoms with Gasteiger partial charge in [0, 0.05) is 22.0 Å². The van der Waals surface area contributed by atoms with E-state index < -0.39 is 0 Å². The number of fused-ring (bicyclic) bond motifs is 1. The number of hydrogen-bond acceptors (Lipinski definition) is 2. The molecule has 1 aliphatic rings. The molecule has 106 valence electrons. The molecule has 1 nitrogen and oxygen atoms in total. The van der Waals surface area contributed by atoms with Crippen molar-refractivity contribution in [2.75, 3.05) is 0 Å². The predicted molar refractivity (Wildman–Crippen MR) is 95.7 cm³/mol. The lowest BCUT2D eigenvalue weighted by Crippen LogP contribution is -2.27. The summed E-state index contributed by atoms with van der Waals surface area (Å²) in [5.74, 6) is 0. The number of aryl methyl sites for hydroxylation is 1. The van der Waals surface area contributed by atoms with Crippen LogP contribution in [0.4, 0.5) is 0 Å². The van der Waals surface area contributed by atoms with Crippen LogP contribution in [0, 0.1) is 2.88 Å². The van der Waals surface area contributed by atoms with Crippen LogP contribution in [0.15, 0.2) is 30.3 Å². The van der Waals surface area contributed by atoms with Crippen LogP contribution < -0.4 is 5.32 Å². The molecule has 0 radical (unpaired) electrons. The molecular weight excluding hydrogens is 401 g/mol. The molecule has 0 aliphatic heterocycles. The number of thiophene rings is 1. The molecule has 20 heavy (non-hydrogen) atoms. The van der Waals surface area contributed by atoms with E-state index in [2.05, 4.69) is 53.0 Å². The maximum atomic E-state index is 6.30. The highest BCUT2D eigenvalue weighted by Crippen LogP contribution is 2.37. The third-order valence-electron chi connectivity index (χ3n) is 3.91. The summed E-state index contributed by atoms with van der Waals surface area (Å²) in [5.41, 5.74) is 2.69. The van der Waals surface area contributed by atoms with Crippen LogP contribution in [0.25, 0.3) is 0 Å². The molecule has 2 unspecified atom stereocenters. The maximum absolute atomic E-state index is 6.30. The minimum atomic E-state index is 0.275. The minimum absolute atomic E-state index is 0.275. The first-order valence-electron chi connectivity index (χ1n) is 6.93. The molecule has 1 aromatic carbocycles. The van der Waals surface area contributed by atoms with Gasteiger partial charge >= 0.3 is 0 Å². The van der Waals surface area contributed by atoms with Gasteiger partial charge in [-0.3, -0.25) is 0 Å². The van der Waals surface area contributed by atoms with Gasteiger partial charge in [-0.25, -0.2) is 0 Å². The van der Waals surface area contributed by atoms with Gasteiger partial charge in [0.25, 0.3) is 0 Å². The molecule has 1 aliphatic carbocycles. The maximum Gasteiger partial charge on any atom is 0.0659 e. The minimum Gasteiger partial charge on any atom is -0.303 e. The molecule has 0 fully saturated rings. The summed E-state index contributed by atoms with van der Waals surface area (Å²) in [7, 11) is 0. The molecule has 3 rings (SSSR count). The molecule has 0 saturated carbocycles. The Morgan fingerprint density at radius 1 is 1.40 bits per heavy atom. The van der Waals surface area contributed by atoms with E-state index in [4.69, 9.17) is 11.6 Å². The monoisotopic (exact) mass is 417 g/mol. The van der Waals surface area contributed by atoms with Crippen LogP contribution in [0.2, 0.25) is 5.02 Å². The molecule has 2 aromatic rings. The first-order chi connectivity index (χ1) is 9.65. The van der Waals surface area contributed by atoms with Crippen molar-refractivity contribution in [3.05, 3.63) is 54.2 Å². The Bertz CT molecular complexity index is 610. The zero-order chi connectivity index (χ0) is 14.1. The van der Waals surface area contributed by atoms with E-state index in [0.29, 0.717) is 6.04 Å². The Morgan fingerprint density at radius 3 is 3.00 bits per heavy atom. The average Bonchev–Trinajstić information content (AvgIpc) is 2.80. The van der Waals surface area contributed by atoms with E-state index in [-0.39, 0.29) is 6.04 Å². The zero-order valence-corrected chi connectivity index (χ0v) is 15.1. The molecule has 4 heteroatoms. The third kappa shape index (κ3) is 3.06. The fraction of sp³-hybridized carbons (Fsp3) is 0.375. The first-order valence-corrected chi connectivity index (χ1v) is 9.21. The first kappa shape index (κ1) is 14.8. The van der Waals surface area contributed by atoms with Crippen molar-refractivity contribution in [1.82, 2.24) is 5.32 Å². The van der Waals surface area contributed by atoms with E-state index in [0.717, 1.165) is 5.02 Å². The van der Waals surface area contributed by atoms with Crippen molar-refractivity contribution in [3.63, 3.8) is 0 Å². The van der Waals surface area contributed by atoms with Crippen LogP contribution >= 0.6 is 45.5 Å². The Kier molecular flexibility index (Phi) is 4.70. The topological polar surface area (TPSA) is 12.0 Å². The van der Waals surface area contributed by atoms with E-state index in [1.807, 2.05) is 23.5 Å². The van der Waals surface area contributed by atoms with Gasteiger partial charge in [-0.2, -0.15) is 0 Å². The Hall–Kier alpha value is -0.100. The fourth-order valence-electron chi connectivity index (χ4n) is 2.91. The molecule has 0 saturated heterocycles. The highest BCUT2D eigenvalue weighted by molar-refractivity contribution is 14.1. The highest BCUT2D eigenvalue weighted by atomic mass is 127. The van der Waals surface area contributed by atoms with E-state index in [9.17, 15) is 0 Å². The van der Waals surface area contributed by atoms with E-state index in [1.165, 1.54) is 33.3 Å². The molecule has 1 aromatic heterocycles. The second kappa shape index (κ2) is 6.34. The van der Waals surface area contributed by atoms with Gasteiger partial charge in [0.1, 0.15) is 0 Å². The van der Waals surface area contributed by atoms with Crippen molar-refractivity contribution in [3.8, 4) is 0 Å². The number of rotatable bonds is 3. The quantitative estimate of drug-likeness (QED) is 0.628. The molecule has 1 heterocycles. The smallest absolute Gasteiger partial charge is 0.0659 e. The fourth-order valence-corrected chi connectivity index (χ4v) is 5.33. The van der Waals surface area contributed by atoms with Gasteiger partial charge in [0.2, 0.25) is 0 Å². The number of hydrogen-bond donors (Lipinski definition) is 1. The highest BCUT2D eigenvalue weighted by Gasteiger charge is 2.24. The summed E-state index contributed by atoms with van der Waals surface area (Å²) in [5, 5.41) is 4.61. The summed E-state index contributed by atoms with van der Waals surface area (Å²) in [6, 6.07) is 11.2. The molecule has 1 N–H and O–H groups in total. The van der Waals surface area contributed by atoms with Crippen molar-refractivity contribution in [1.29, 1.82) is 0 Å². The van der Waals surface area contributed by atoms with Crippen LogP contribution in [0.5, 0.6) is 0 Å². The Balaban J connectivity index is 1.80. The summed E-state index contributed by atoms with van der Waals surface area (Å²) in [4.78, 5) is 1.56. The van der Waals surface area contributed by atoms with Gasteiger partial charge < -0.3 is 5.32 Å². The van der Waals surface area contributed by atoms with Crippen LogP contribution in [-0.2, 0) is 6.42 Å². The summed E-state index contributed by atoms with van der Waals surface area (Å²) in [6.45, 7) is 2.20. The number of halogens is 2. The van der Waals surface area contributed by atoms with E-state index in [1.54, 1.807) is 4.88 Å². The average molecular weight is 418 g/mol. The second-order valence-electron chi connectivity index (χ2n) is 5.28. The third-order valence-corrected chi connectivity index (χ3v) is 6.22. The molecule has 2 atom stereocenters. The molecule has 0 spiro atoms. The lowest BCUT2D eigenvalue weighted by molar-refractivity contribution is 0.418. The van der Waals surface area contributed by atoms with Gasteiger partial charge in [-0.15, -0.1) is 11.3 Å². The van der Waals surface area contributed by atoms with Gasteiger partial charge in [-0.05, 0) is 72.0 Å². The standard InChI is InChI=1S/C16H17ClINS/c1-10(11-5-2-3-6-13(11)17)19-14-7-4-8-15-12(14)9-16(18)20-15/h2-3,5-6,9-10,14,19H,4,7-8H2,1H3. The van der Waals surface area contributed by atoms with Crippen LogP contribution in [0.3, 0.4) is 0 Å². The van der Waals surface area contributed by atoms with Gasteiger partial charge in [0.05, 0.1) is 2.88 Å². The summed E-state index contributed by atoms with van der Waals surface area (Å²) in [6.07, 6.45) is 3.73. The lowest BCUT2D eigenvalue weighted by Gasteiger charge is -2.27. The van der Waals surface area contributed by atoms with Crippen molar-refractivity contribution < 1.29 is 0 Å². The number of nitrogens with one attached hydrogen (secondary N) is 1. The van der Waals surface area contributed by atoms with Crippen LogP contribution in [-0.4, -0.2) is 0 Å². The zero-order valence-electron chi connectivity index (χ0n) is 11.3. The van der Waals surface area contributed by atoms with Crippen LogP contribution in [0.1, 0.15) is 47.9 Å². The number of benzene rings is 1. The van der Waals surface area contributed by atoms with E-state index >= 15 is 0 Å². The molecular formula is C16H17ClINS. The van der Waals surface area contributed by atoms with Crippen molar-refractivity contribution in [2.24, 2.45) is 0 Å². The molecule has 0 bridgehead atoms. The largest absolute Gasteiger partial charge is 0.303 e. The summed E-state index contributed by atoms with van der Waals surface area (Å²) < 4.78 is 1.40. The van der Waals surface area contributed by atoms with Gasteiger partial charge in [0.15, 0.2) is 0 Å². The summed E-state index contributed by atoms with van der Waals surface area (Å²) >= 11 is 10.7. The normalized spacial score (nSPS) is 19.6. The van der Waals surface area contributed by atoms with Crippen molar-refractivity contribution >= 4 is 45.5 Å². The van der Waals surface area contributed by atoms with Gasteiger partial charge in [-0.1, -0.05) is 29.8 Å². The lowest BCUT2D eigenvalue weighted by atomic mass is 9.93. The predicted octanol–water partition coefficient (Wildman–Crippen LogP) is 5.73. The molecule has 0 amide bonds. The second-order valence-corrected chi connectivity index (χ2v) is 8.72. The SMILES string of the molecule is CC(NC1CCCc2sc(I)cc21)c1ccccc1Cl. The van der Waals surface area contributed by atoms with Crippen molar-refractivity contribution in [2.45, 2.75) is 38.3 Å².